The van der Waals surface area contributed by atoms with Gasteiger partial charge in [-0.1, -0.05) is 12.1 Å². The molecule has 0 bridgehead atoms. The molecule has 2 amide bonds. The van der Waals surface area contributed by atoms with Gasteiger partial charge in [0.2, 0.25) is 0 Å². The zero-order valence-corrected chi connectivity index (χ0v) is 17.6. The Morgan fingerprint density at radius 2 is 1.74 bits per heavy atom. The van der Waals surface area contributed by atoms with Gasteiger partial charge in [-0.3, -0.25) is 19.8 Å². The maximum absolute atomic E-state index is 13.0. The third-order valence-corrected chi connectivity index (χ3v) is 4.63. The van der Waals surface area contributed by atoms with Crippen LogP contribution in [0.4, 0.5) is 5.69 Å². The number of carboxylic acid groups (broad SMARTS) is 1. The van der Waals surface area contributed by atoms with Gasteiger partial charge in [0, 0.05) is 0 Å². The van der Waals surface area contributed by atoms with Gasteiger partial charge in [0.05, 0.1) is 18.3 Å². The number of carboxylic acids is 1. The van der Waals surface area contributed by atoms with Crippen molar-refractivity contribution >= 4 is 46.9 Å². The molecule has 1 heterocycles. The Morgan fingerprint density at radius 1 is 1.13 bits per heavy atom. The molecule has 2 aromatic rings. The lowest BCUT2D eigenvalue weighted by Gasteiger charge is -2.29. The summed E-state index contributed by atoms with van der Waals surface area (Å²) in [5, 5.41) is 13.3. The molecule has 1 aliphatic rings. The Hall–Kier alpha value is -3.72. The number of carbonyl (C=O) groups is 3. The maximum Gasteiger partial charge on any atom is 0.270 e. The summed E-state index contributed by atoms with van der Waals surface area (Å²) in [6, 6.07) is 13.0. The fourth-order valence-corrected chi connectivity index (χ4v) is 3.09. The van der Waals surface area contributed by atoms with E-state index < -0.39 is 23.9 Å². The fraction of sp³-hybridized carbons (Fsp3) is 0.182. The van der Waals surface area contributed by atoms with Crippen molar-refractivity contribution in [1.29, 1.82) is 0 Å². The first-order valence-electron chi connectivity index (χ1n) is 9.42. The normalized spacial score (nSPS) is 16.1. The van der Waals surface area contributed by atoms with Crippen LogP contribution in [0.2, 0.25) is 0 Å². The average Bonchev–Trinajstić information content (AvgIpc) is 2.73. The molecule has 0 radical (unpaired) electrons. The van der Waals surface area contributed by atoms with Crippen molar-refractivity contribution in [2.24, 2.45) is 0 Å². The molecule has 0 aliphatic carbocycles. The monoisotopic (exact) mass is 439 g/mol. The number of carbonyl (C=O) groups excluding carboxylic acids is 3. The van der Waals surface area contributed by atoms with E-state index in [0.717, 1.165) is 0 Å². The molecule has 1 N–H and O–H groups in total. The first-order valence-corrected chi connectivity index (χ1v) is 9.83. The van der Waals surface area contributed by atoms with E-state index in [-0.39, 0.29) is 10.7 Å². The van der Waals surface area contributed by atoms with E-state index in [1.807, 2.05) is 6.92 Å². The number of benzene rings is 2. The van der Waals surface area contributed by atoms with Gasteiger partial charge >= 0.3 is 0 Å². The van der Waals surface area contributed by atoms with Crippen LogP contribution in [0.15, 0.2) is 54.1 Å². The van der Waals surface area contributed by atoms with Gasteiger partial charge in [0.15, 0.2) is 5.11 Å². The van der Waals surface area contributed by atoms with Crippen LogP contribution in [0.5, 0.6) is 11.5 Å². The number of aliphatic carboxylic acids is 1. The second-order valence-electron chi connectivity index (χ2n) is 6.53. The standard InChI is InChI=1S/C22H20N2O6S/c1-3-29-16-10-6-15(7-11-16)24-20(26)18(19(25)23-22(24)31)12-14-4-8-17(9-5-14)30-13(2)21(27)28/h4-13H,3H2,1-2H3,(H,27,28)(H,23,25,31)/p-1/b18-12+/t13-/m1/s1. The van der Waals surface area contributed by atoms with Crippen molar-refractivity contribution in [1.82, 2.24) is 5.32 Å². The molecule has 31 heavy (non-hydrogen) atoms. The zero-order valence-electron chi connectivity index (χ0n) is 16.8. The smallest absolute Gasteiger partial charge is 0.270 e. The lowest BCUT2D eigenvalue weighted by Crippen LogP contribution is -2.54. The van der Waals surface area contributed by atoms with Gasteiger partial charge in [-0.15, -0.1) is 0 Å². The van der Waals surface area contributed by atoms with Gasteiger partial charge in [0.1, 0.15) is 23.2 Å². The van der Waals surface area contributed by atoms with Crippen LogP contribution in [-0.2, 0) is 14.4 Å². The number of rotatable bonds is 7. The van der Waals surface area contributed by atoms with Crippen molar-refractivity contribution in [3.63, 3.8) is 0 Å². The van der Waals surface area contributed by atoms with Crippen LogP contribution >= 0.6 is 12.2 Å². The highest BCUT2D eigenvalue weighted by Crippen LogP contribution is 2.25. The summed E-state index contributed by atoms with van der Waals surface area (Å²) in [4.78, 5) is 37.4. The first kappa shape index (κ1) is 22.0. The zero-order chi connectivity index (χ0) is 22.5. The summed E-state index contributed by atoms with van der Waals surface area (Å²) >= 11 is 5.19. The molecule has 3 rings (SSSR count). The molecule has 1 fully saturated rings. The number of hydrogen-bond acceptors (Lipinski definition) is 7. The molecule has 0 aromatic heterocycles. The van der Waals surface area contributed by atoms with E-state index in [0.29, 0.717) is 29.4 Å². The van der Waals surface area contributed by atoms with Crippen LogP contribution in [-0.4, -0.2) is 35.6 Å². The first-order chi connectivity index (χ1) is 14.8. The Balaban J connectivity index is 1.84. The van der Waals surface area contributed by atoms with Crippen molar-refractivity contribution in [2.45, 2.75) is 20.0 Å². The molecule has 2 aromatic carbocycles. The van der Waals surface area contributed by atoms with Crippen molar-refractivity contribution < 1.29 is 29.0 Å². The second-order valence-corrected chi connectivity index (χ2v) is 6.92. The molecule has 1 atom stereocenters. The summed E-state index contributed by atoms with van der Waals surface area (Å²) in [7, 11) is 0. The van der Waals surface area contributed by atoms with Crippen molar-refractivity contribution in [3.05, 3.63) is 59.7 Å². The molecule has 0 saturated carbocycles. The molecule has 160 valence electrons. The molecule has 1 saturated heterocycles. The Kier molecular flexibility index (Phi) is 6.66. The number of hydrogen-bond donors (Lipinski definition) is 1. The van der Waals surface area contributed by atoms with Gasteiger partial charge < -0.3 is 19.4 Å². The van der Waals surface area contributed by atoms with Crippen LogP contribution in [0.1, 0.15) is 19.4 Å². The SMILES string of the molecule is CCOc1ccc(N2C(=O)/C(=C/c3ccc(O[C@H](C)C(=O)[O-])cc3)C(=O)NC2=S)cc1. The molecule has 9 heteroatoms. The minimum atomic E-state index is -1.33. The van der Waals surface area contributed by atoms with Crippen molar-refractivity contribution in [2.75, 3.05) is 11.5 Å². The van der Waals surface area contributed by atoms with Crippen LogP contribution in [0.3, 0.4) is 0 Å². The number of amides is 2. The van der Waals surface area contributed by atoms with Gasteiger partial charge in [-0.2, -0.15) is 0 Å². The highest BCUT2D eigenvalue weighted by molar-refractivity contribution is 7.80. The lowest BCUT2D eigenvalue weighted by atomic mass is 10.1. The predicted octanol–water partition coefficient (Wildman–Crippen LogP) is 1.43. The Labute approximate surface area is 184 Å². The number of nitrogens with one attached hydrogen (secondary N) is 1. The third-order valence-electron chi connectivity index (χ3n) is 4.34. The third kappa shape index (κ3) is 5.07. The van der Waals surface area contributed by atoms with E-state index in [2.05, 4.69) is 5.32 Å². The van der Waals surface area contributed by atoms with Crippen LogP contribution in [0.25, 0.3) is 6.08 Å². The predicted molar refractivity (Wildman–Crippen MR) is 115 cm³/mol. The van der Waals surface area contributed by atoms with Gasteiger partial charge in [-0.05, 0) is 74.1 Å². The molecule has 0 spiro atoms. The molecular formula is C22H19N2O6S-. The van der Waals surface area contributed by atoms with E-state index in [1.165, 1.54) is 30.0 Å². The van der Waals surface area contributed by atoms with E-state index >= 15 is 0 Å². The Bertz CT molecular complexity index is 1050. The van der Waals surface area contributed by atoms with E-state index in [4.69, 9.17) is 21.7 Å². The highest BCUT2D eigenvalue weighted by atomic mass is 32.1. The fourth-order valence-electron chi connectivity index (χ4n) is 2.81. The van der Waals surface area contributed by atoms with Gasteiger partial charge in [-0.25, -0.2) is 0 Å². The number of ether oxygens (including phenoxy) is 2. The average molecular weight is 439 g/mol. The number of thiocarbonyl (C=S) groups is 1. The maximum atomic E-state index is 13.0. The van der Waals surface area contributed by atoms with E-state index in [1.54, 1.807) is 36.4 Å². The topological polar surface area (TPSA) is 108 Å². The molecule has 1 aliphatic heterocycles. The minimum absolute atomic E-state index is 0.0173. The summed E-state index contributed by atoms with van der Waals surface area (Å²) in [6.07, 6.45) is 0.311. The quantitative estimate of drug-likeness (QED) is 0.395. The summed E-state index contributed by atoms with van der Waals surface area (Å²) < 4.78 is 10.6. The van der Waals surface area contributed by atoms with Crippen LogP contribution in [0, 0.1) is 0 Å². The number of anilines is 1. The summed E-state index contributed by atoms with van der Waals surface area (Å²) in [6.45, 7) is 3.74. The number of nitrogens with zero attached hydrogens (tertiary/aromatic N) is 1. The lowest BCUT2D eigenvalue weighted by molar-refractivity contribution is -0.312. The van der Waals surface area contributed by atoms with E-state index in [9.17, 15) is 19.5 Å². The highest BCUT2D eigenvalue weighted by Gasteiger charge is 2.34. The van der Waals surface area contributed by atoms with Crippen molar-refractivity contribution in [3.8, 4) is 11.5 Å². The summed E-state index contributed by atoms with van der Waals surface area (Å²) in [5.74, 6) is -1.54. The molecule has 8 nitrogen and oxygen atoms in total. The largest absolute Gasteiger partial charge is 0.546 e. The second kappa shape index (κ2) is 9.40. The molecule has 0 unspecified atom stereocenters. The molecular weight excluding hydrogens is 420 g/mol. The minimum Gasteiger partial charge on any atom is -0.546 e. The van der Waals surface area contributed by atoms with Crippen LogP contribution < -0.4 is 24.8 Å². The Morgan fingerprint density at radius 3 is 2.32 bits per heavy atom. The van der Waals surface area contributed by atoms with Gasteiger partial charge in [0.25, 0.3) is 11.8 Å². The summed E-state index contributed by atoms with van der Waals surface area (Å²) in [5.41, 5.74) is 0.940.